The maximum absolute atomic E-state index is 13.1. The first-order chi connectivity index (χ1) is 18.1. The molecule has 0 spiro atoms. The van der Waals surface area contributed by atoms with Crippen LogP contribution in [0.5, 0.6) is 0 Å². The van der Waals surface area contributed by atoms with E-state index in [1.54, 1.807) is 60.4 Å². The number of hydrogen-bond donors (Lipinski definition) is 2. The van der Waals surface area contributed by atoms with Crippen molar-refractivity contribution in [1.29, 1.82) is 0 Å². The standard InChI is InChI=1S/C28H30ClN3O5S/c1-3-18(2)26(30-27(34)19-8-12-23(13-9-19)32-15-5-4-6-25(32)33)28(35)31-38(36,37)24-14-10-20-16-22(29)11-7-21(20)17-24/h7-14,16-18,26H,3-6,15H2,1-2H3,(H,30,34)(H,31,35). The molecule has 0 saturated carbocycles. The van der Waals surface area contributed by atoms with Crippen LogP contribution in [0.15, 0.2) is 65.6 Å². The topological polar surface area (TPSA) is 113 Å². The summed E-state index contributed by atoms with van der Waals surface area (Å²) in [6.07, 6.45) is 2.84. The predicted molar refractivity (Wildman–Crippen MR) is 148 cm³/mol. The lowest BCUT2D eigenvalue weighted by Crippen LogP contribution is -2.51. The van der Waals surface area contributed by atoms with Gasteiger partial charge in [0.15, 0.2) is 0 Å². The Kier molecular flexibility index (Phi) is 8.38. The summed E-state index contributed by atoms with van der Waals surface area (Å²) in [5.41, 5.74) is 1.02. The van der Waals surface area contributed by atoms with E-state index in [1.165, 1.54) is 12.1 Å². The molecule has 4 rings (SSSR count). The van der Waals surface area contributed by atoms with Gasteiger partial charge in [-0.3, -0.25) is 14.4 Å². The van der Waals surface area contributed by atoms with Gasteiger partial charge in [-0.1, -0.05) is 44.0 Å². The zero-order valence-electron chi connectivity index (χ0n) is 21.2. The summed E-state index contributed by atoms with van der Waals surface area (Å²) in [6.45, 7) is 4.26. The number of fused-ring (bicyclic) bond motifs is 1. The summed E-state index contributed by atoms with van der Waals surface area (Å²) in [7, 11) is -4.19. The third kappa shape index (κ3) is 6.16. The van der Waals surface area contributed by atoms with E-state index in [1.807, 2.05) is 6.92 Å². The predicted octanol–water partition coefficient (Wildman–Crippen LogP) is 4.66. The fourth-order valence-electron chi connectivity index (χ4n) is 4.41. The van der Waals surface area contributed by atoms with Crippen molar-refractivity contribution < 1.29 is 22.8 Å². The highest BCUT2D eigenvalue weighted by molar-refractivity contribution is 7.90. The van der Waals surface area contributed by atoms with Crippen LogP contribution in [0, 0.1) is 5.92 Å². The van der Waals surface area contributed by atoms with E-state index < -0.39 is 27.9 Å². The number of halogens is 1. The second-order valence-electron chi connectivity index (χ2n) is 9.51. The SMILES string of the molecule is CCC(C)C(NC(=O)c1ccc(N2CCCCC2=O)cc1)C(=O)NS(=O)(=O)c1ccc2cc(Cl)ccc2c1. The molecule has 2 unspecified atom stereocenters. The van der Waals surface area contributed by atoms with Crippen LogP contribution >= 0.6 is 11.6 Å². The highest BCUT2D eigenvalue weighted by Crippen LogP contribution is 2.24. The van der Waals surface area contributed by atoms with Crippen molar-refractivity contribution in [3.05, 3.63) is 71.2 Å². The molecule has 1 saturated heterocycles. The second kappa shape index (κ2) is 11.5. The molecule has 2 atom stereocenters. The van der Waals surface area contributed by atoms with Gasteiger partial charge in [0.2, 0.25) is 5.91 Å². The maximum Gasteiger partial charge on any atom is 0.264 e. The molecule has 3 aromatic carbocycles. The molecule has 0 bridgehead atoms. The van der Waals surface area contributed by atoms with Crippen LogP contribution in [0.3, 0.4) is 0 Å². The van der Waals surface area contributed by atoms with Gasteiger partial charge in [-0.25, -0.2) is 13.1 Å². The third-order valence-electron chi connectivity index (χ3n) is 6.87. The van der Waals surface area contributed by atoms with Crippen molar-refractivity contribution in [3.8, 4) is 0 Å². The van der Waals surface area contributed by atoms with Crippen LogP contribution in [-0.4, -0.2) is 38.7 Å². The van der Waals surface area contributed by atoms with Crippen LogP contribution in [0.4, 0.5) is 5.69 Å². The normalized spacial score (nSPS) is 15.7. The van der Waals surface area contributed by atoms with Gasteiger partial charge in [-0.15, -0.1) is 0 Å². The summed E-state index contributed by atoms with van der Waals surface area (Å²) >= 11 is 6.00. The Morgan fingerprint density at radius 1 is 1.00 bits per heavy atom. The fraction of sp³-hybridized carbons (Fsp3) is 0.321. The van der Waals surface area contributed by atoms with Gasteiger partial charge in [0.25, 0.3) is 21.8 Å². The van der Waals surface area contributed by atoms with Crippen molar-refractivity contribution >= 4 is 55.8 Å². The molecule has 3 amide bonds. The number of anilines is 1. The van der Waals surface area contributed by atoms with Gasteiger partial charge in [0.1, 0.15) is 6.04 Å². The van der Waals surface area contributed by atoms with E-state index in [0.29, 0.717) is 41.0 Å². The lowest BCUT2D eigenvalue weighted by Gasteiger charge is -2.27. The van der Waals surface area contributed by atoms with Crippen LogP contribution < -0.4 is 14.9 Å². The molecule has 3 aromatic rings. The van der Waals surface area contributed by atoms with E-state index in [-0.39, 0.29) is 16.7 Å². The van der Waals surface area contributed by atoms with Crippen molar-refractivity contribution in [2.75, 3.05) is 11.4 Å². The lowest BCUT2D eigenvalue weighted by molar-refractivity contribution is -0.122. The Morgan fingerprint density at radius 2 is 1.68 bits per heavy atom. The van der Waals surface area contributed by atoms with Gasteiger partial charge in [-0.2, -0.15) is 0 Å². The zero-order chi connectivity index (χ0) is 27.4. The Balaban J connectivity index is 1.49. The Hall–Kier alpha value is -3.43. The Labute approximate surface area is 227 Å². The molecule has 0 aliphatic carbocycles. The lowest BCUT2D eigenvalue weighted by atomic mass is 9.98. The maximum atomic E-state index is 13.1. The number of benzene rings is 3. The van der Waals surface area contributed by atoms with Crippen molar-refractivity contribution in [2.45, 2.75) is 50.5 Å². The van der Waals surface area contributed by atoms with Crippen molar-refractivity contribution in [1.82, 2.24) is 10.0 Å². The molecule has 1 aliphatic rings. The molecule has 1 fully saturated rings. The molecule has 38 heavy (non-hydrogen) atoms. The first-order valence-electron chi connectivity index (χ1n) is 12.6. The van der Waals surface area contributed by atoms with Gasteiger partial charge in [0, 0.05) is 29.2 Å². The smallest absolute Gasteiger partial charge is 0.264 e. The molecule has 10 heteroatoms. The van der Waals surface area contributed by atoms with E-state index in [4.69, 9.17) is 11.6 Å². The first-order valence-corrected chi connectivity index (χ1v) is 14.4. The molecular formula is C28H30ClN3O5S. The second-order valence-corrected chi connectivity index (χ2v) is 11.6. The number of sulfonamides is 1. The highest BCUT2D eigenvalue weighted by atomic mass is 35.5. The molecule has 200 valence electrons. The van der Waals surface area contributed by atoms with Crippen molar-refractivity contribution in [2.24, 2.45) is 5.92 Å². The summed E-state index contributed by atoms with van der Waals surface area (Å²) in [5.74, 6) is -1.61. The fourth-order valence-corrected chi connectivity index (χ4v) is 5.63. The quantitative estimate of drug-likeness (QED) is 0.420. The summed E-state index contributed by atoms with van der Waals surface area (Å²) < 4.78 is 28.2. The summed E-state index contributed by atoms with van der Waals surface area (Å²) in [5, 5.41) is 4.65. The van der Waals surface area contributed by atoms with Gasteiger partial charge in [-0.05, 0) is 78.1 Å². The van der Waals surface area contributed by atoms with E-state index in [0.717, 1.165) is 18.2 Å². The average Bonchev–Trinajstić information content (AvgIpc) is 2.90. The minimum Gasteiger partial charge on any atom is -0.340 e. The van der Waals surface area contributed by atoms with Crippen LogP contribution in [0.1, 0.15) is 49.9 Å². The monoisotopic (exact) mass is 555 g/mol. The van der Waals surface area contributed by atoms with E-state index in [9.17, 15) is 22.8 Å². The molecular weight excluding hydrogens is 526 g/mol. The minimum atomic E-state index is -4.19. The average molecular weight is 556 g/mol. The number of amides is 3. The summed E-state index contributed by atoms with van der Waals surface area (Å²) in [6, 6.07) is 15.1. The number of nitrogens with one attached hydrogen (secondary N) is 2. The molecule has 0 radical (unpaired) electrons. The first kappa shape index (κ1) is 27.6. The van der Waals surface area contributed by atoms with Gasteiger partial charge in [0.05, 0.1) is 4.90 Å². The van der Waals surface area contributed by atoms with E-state index in [2.05, 4.69) is 10.0 Å². The molecule has 1 aliphatic heterocycles. The van der Waals surface area contributed by atoms with Crippen LogP contribution in [-0.2, 0) is 19.6 Å². The van der Waals surface area contributed by atoms with Crippen LogP contribution in [0.25, 0.3) is 10.8 Å². The molecule has 8 nitrogen and oxygen atoms in total. The number of carbonyl (C=O) groups excluding carboxylic acids is 3. The number of rotatable bonds is 8. The molecule has 1 heterocycles. The van der Waals surface area contributed by atoms with Gasteiger partial charge >= 0.3 is 0 Å². The van der Waals surface area contributed by atoms with Crippen molar-refractivity contribution in [3.63, 3.8) is 0 Å². The van der Waals surface area contributed by atoms with E-state index >= 15 is 0 Å². The highest BCUT2D eigenvalue weighted by Gasteiger charge is 2.30. The molecule has 0 aromatic heterocycles. The number of nitrogens with zero attached hydrogens (tertiary/aromatic N) is 1. The minimum absolute atomic E-state index is 0.0541. The largest absolute Gasteiger partial charge is 0.340 e. The van der Waals surface area contributed by atoms with Crippen LogP contribution in [0.2, 0.25) is 5.02 Å². The number of carbonyl (C=O) groups is 3. The third-order valence-corrected chi connectivity index (χ3v) is 8.45. The zero-order valence-corrected chi connectivity index (χ0v) is 22.8. The Morgan fingerprint density at radius 3 is 2.37 bits per heavy atom. The molecule has 2 N–H and O–H groups in total. The Bertz CT molecular complexity index is 1470. The number of piperidine rings is 1. The van der Waals surface area contributed by atoms with Gasteiger partial charge < -0.3 is 10.2 Å². The summed E-state index contributed by atoms with van der Waals surface area (Å²) in [4.78, 5) is 40.0. The number of hydrogen-bond acceptors (Lipinski definition) is 5.